The quantitative estimate of drug-likeness (QED) is 0.467. The Labute approximate surface area is 166 Å². The molecule has 0 saturated carbocycles. The normalized spacial score (nSPS) is 12.1. The average molecular weight is 421 g/mol. The minimum atomic E-state index is -4.08. The molecule has 28 heavy (non-hydrogen) atoms. The van der Waals surface area contributed by atoms with E-state index in [1.165, 1.54) is 12.1 Å². The number of halogens is 3. The van der Waals surface area contributed by atoms with Crippen LogP contribution >= 0.6 is 11.6 Å². The fourth-order valence-corrected chi connectivity index (χ4v) is 3.46. The van der Waals surface area contributed by atoms with Crippen LogP contribution in [0.2, 0.25) is 5.02 Å². The van der Waals surface area contributed by atoms with E-state index in [0.717, 1.165) is 17.7 Å². The summed E-state index contributed by atoms with van der Waals surface area (Å²) >= 11 is 5.88. The highest BCUT2D eigenvalue weighted by atomic mass is 35.5. The van der Waals surface area contributed by atoms with Gasteiger partial charge in [0.25, 0.3) is 10.0 Å². The Morgan fingerprint density at radius 1 is 0.964 bits per heavy atom. The standard InChI is InChI=1S/C20H15ClF2N2O2S/c1-13-2-9-17(10-3-13)28(26,27)25-20(14-4-6-15(21)7-5-14)24-19-11-8-16(22)12-18(19)23/h2-12H,1H3,(H,24,25). The second-order valence-electron chi connectivity index (χ2n) is 5.98. The van der Waals surface area contributed by atoms with E-state index in [1.54, 1.807) is 36.4 Å². The molecular formula is C20H15ClF2N2O2S. The van der Waals surface area contributed by atoms with Crippen molar-refractivity contribution in [2.75, 3.05) is 5.32 Å². The molecule has 0 aliphatic carbocycles. The summed E-state index contributed by atoms with van der Waals surface area (Å²) in [6.07, 6.45) is 0. The third kappa shape index (κ3) is 4.74. The van der Waals surface area contributed by atoms with Crippen molar-refractivity contribution in [3.63, 3.8) is 0 Å². The molecule has 0 radical (unpaired) electrons. The summed E-state index contributed by atoms with van der Waals surface area (Å²) in [4.78, 5) is -0.00839. The van der Waals surface area contributed by atoms with E-state index >= 15 is 0 Å². The first-order valence-corrected chi connectivity index (χ1v) is 9.96. The van der Waals surface area contributed by atoms with Gasteiger partial charge in [0, 0.05) is 16.7 Å². The second kappa shape index (κ2) is 8.08. The first kappa shape index (κ1) is 20.0. The number of amidine groups is 1. The second-order valence-corrected chi connectivity index (χ2v) is 8.02. The van der Waals surface area contributed by atoms with Gasteiger partial charge in [-0.25, -0.2) is 8.78 Å². The molecule has 0 bridgehead atoms. The van der Waals surface area contributed by atoms with E-state index in [1.807, 2.05) is 6.92 Å². The van der Waals surface area contributed by atoms with Crippen molar-refractivity contribution in [1.29, 1.82) is 0 Å². The smallest absolute Gasteiger partial charge is 0.284 e. The maximum absolute atomic E-state index is 14.1. The highest BCUT2D eigenvalue weighted by Gasteiger charge is 2.17. The van der Waals surface area contributed by atoms with Crippen LogP contribution in [0.3, 0.4) is 0 Å². The highest BCUT2D eigenvalue weighted by molar-refractivity contribution is 7.90. The summed E-state index contributed by atoms with van der Waals surface area (Å²) in [6, 6.07) is 15.3. The molecular weight excluding hydrogens is 406 g/mol. The number of sulfonamides is 1. The number of nitrogens with one attached hydrogen (secondary N) is 1. The number of aryl methyl sites for hydroxylation is 1. The molecule has 0 heterocycles. The zero-order valence-electron chi connectivity index (χ0n) is 14.7. The van der Waals surface area contributed by atoms with E-state index in [4.69, 9.17) is 11.6 Å². The molecule has 0 atom stereocenters. The van der Waals surface area contributed by atoms with Gasteiger partial charge in [0.2, 0.25) is 0 Å². The van der Waals surface area contributed by atoms with Gasteiger partial charge in [0.15, 0.2) is 5.84 Å². The molecule has 0 fully saturated rings. The van der Waals surface area contributed by atoms with Gasteiger partial charge in [-0.15, -0.1) is 4.40 Å². The molecule has 8 heteroatoms. The first-order chi connectivity index (χ1) is 13.2. The Kier molecular flexibility index (Phi) is 5.76. The van der Waals surface area contributed by atoms with Gasteiger partial charge in [0.05, 0.1) is 10.6 Å². The van der Waals surface area contributed by atoms with Crippen molar-refractivity contribution in [3.8, 4) is 0 Å². The Balaban J connectivity index is 2.08. The SMILES string of the molecule is Cc1ccc(S(=O)(=O)/N=C(\Nc2ccc(F)cc2F)c2ccc(Cl)cc2)cc1. The number of hydrogen-bond acceptors (Lipinski definition) is 2. The van der Waals surface area contributed by atoms with Crippen LogP contribution < -0.4 is 5.32 Å². The van der Waals surface area contributed by atoms with Gasteiger partial charge in [0.1, 0.15) is 11.6 Å². The van der Waals surface area contributed by atoms with E-state index in [2.05, 4.69) is 9.71 Å². The summed E-state index contributed by atoms with van der Waals surface area (Å²) in [6.45, 7) is 1.83. The fraction of sp³-hybridized carbons (Fsp3) is 0.0500. The monoisotopic (exact) mass is 420 g/mol. The molecule has 3 rings (SSSR count). The van der Waals surface area contributed by atoms with Crippen LogP contribution in [0.15, 0.2) is 76.0 Å². The van der Waals surface area contributed by atoms with E-state index in [0.29, 0.717) is 16.7 Å². The molecule has 0 aliphatic heterocycles. The molecule has 3 aromatic rings. The minimum absolute atomic E-state index is 0.00839. The first-order valence-electron chi connectivity index (χ1n) is 8.14. The van der Waals surface area contributed by atoms with Crippen molar-refractivity contribution in [1.82, 2.24) is 0 Å². The maximum Gasteiger partial charge on any atom is 0.284 e. The third-order valence-corrected chi connectivity index (χ3v) is 5.37. The van der Waals surface area contributed by atoms with Gasteiger partial charge in [-0.2, -0.15) is 8.42 Å². The summed E-state index contributed by atoms with van der Waals surface area (Å²) in [7, 11) is -4.08. The molecule has 3 aromatic carbocycles. The lowest BCUT2D eigenvalue weighted by atomic mass is 10.2. The third-order valence-electron chi connectivity index (χ3n) is 3.83. The lowest BCUT2D eigenvalue weighted by Crippen LogP contribution is -2.17. The minimum Gasteiger partial charge on any atom is -0.337 e. The van der Waals surface area contributed by atoms with Crippen LogP contribution in [-0.4, -0.2) is 14.3 Å². The molecule has 4 nitrogen and oxygen atoms in total. The Morgan fingerprint density at radius 3 is 2.21 bits per heavy atom. The topological polar surface area (TPSA) is 58.5 Å². The van der Waals surface area contributed by atoms with Crippen LogP contribution in [-0.2, 0) is 10.0 Å². The molecule has 1 N–H and O–H groups in total. The van der Waals surface area contributed by atoms with Gasteiger partial charge in [-0.05, 0) is 55.5 Å². The zero-order chi connectivity index (χ0) is 20.3. The Morgan fingerprint density at radius 2 is 1.61 bits per heavy atom. The van der Waals surface area contributed by atoms with Gasteiger partial charge < -0.3 is 5.32 Å². The van der Waals surface area contributed by atoms with Crippen LogP contribution in [0.1, 0.15) is 11.1 Å². The van der Waals surface area contributed by atoms with Gasteiger partial charge in [-0.1, -0.05) is 29.3 Å². The van der Waals surface area contributed by atoms with Crippen molar-refractivity contribution < 1.29 is 17.2 Å². The Bertz CT molecular complexity index is 1130. The maximum atomic E-state index is 14.1. The van der Waals surface area contributed by atoms with Crippen LogP contribution in [0.25, 0.3) is 0 Å². The van der Waals surface area contributed by atoms with E-state index in [-0.39, 0.29) is 16.4 Å². The summed E-state index contributed by atoms with van der Waals surface area (Å²) < 4.78 is 56.5. The molecule has 0 spiro atoms. The van der Waals surface area contributed by atoms with Gasteiger partial charge >= 0.3 is 0 Å². The van der Waals surface area contributed by atoms with E-state index in [9.17, 15) is 17.2 Å². The molecule has 0 aromatic heterocycles. The molecule has 0 aliphatic rings. The number of anilines is 1. The van der Waals surface area contributed by atoms with Crippen molar-refractivity contribution in [2.45, 2.75) is 11.8 Å². The lowest BCUT2D eigenvalue weighted by molar-refractivity contribution is 0.586. The predicted molar refractivity (Wildman–Crippen MR) is 106 cm³/mol. The predicted octanol–water partition coefficient (Wildman–Crippen LogP) is 5.17. The summed E-state index contributed by atoms with van der Waals surface area (Å²) in [5, 5.41) is 3.08. The summed E-state index contributed by atoms with van der Waals surface area (Å²) in [5.74, 6) is -1.75. The fourth-order valence-electron chi connectivity index (χ4n) is 2.36. The van der Waals surface area contributed by atoms with Crippen LogP contribution in [0.5, 0.6) is 0 Å². The van der Waals surface area contributed by atoms with E-state index < -0.39 is 21.7 Å². The van der Waals surface area contributed by atoms with Crippen LogP contribution in [0.4, 0.5) is 14.5 Å². The largest absolute Gasteiger partial charge is 0.337 e. The molecule has 0 amide bonds. The molecule has 144 valence electrons. The number of nitrogens with zero attached hydrogens (tertiary/aromatic N) is 1. The van der Waals surface area contributed by atoms with Gasteiger partial charge in [-0.3, -0.25) is 0 Å². The number of hydrogen-bond donors (Lipinski definition) is 1. The average Bonchev–Trinajstić information content (AvgIpc) is 2.64. The number of rotatable bonds is 4. The van der Waals surface area contributed by atoms with Crippen molar-refractivity contribution in [3.05, 3.63) is 94.5 Å². The van der Waals surface area contributed by atoms with Crippen molar-refractivity contribution >= 4 is 33.1 Å². The lowest BCUT2D eigenvalue weighted by Gasteiger charge is -2.12. The molecule has 0 saturated heterocycles. The Hall–Kier alpha value is -2.77. The number of benzene rings is 3. The van der Waals surface area contributed by atoms with Crippen LogP contribution in [0, 0.1) is 18.6 Å². The zero-order valence-corrected chi connectivity index (χ0v) is 16.2. The molecule has 0 unspecified atom stereocenters. The van der Waals surface area contributed by atoms with Crippen molar-refractivity contribution in [2.24, 2.45) is 4.40 Å². The highest BCUT2D eigenvalue weighted by Crippen LogP contribution is 2.20. The summed E-state index contributed by atoms with van der Waals surface area (Å²) in [5.41, 5.74) is 1.14.